The first kappa shape index (κ1) is 14.6. The molecule has 1 aromatic heterocycles. The average Bonchev–Trinajstić information content (AvgIpc) is 2.60. The predicted octanol–water partition coefficient (Wildman–Crippen LogP) is 3.05. The van der Waals surface area contributed by atoms with Gasteiger partial charge < -0.3 is 9.80 Å². The maximum Gasteiger partial charge on any atom is 0.0509 e. The molecule has 1 aromatic rings. The summed E-state index contributed by atoms with van der Waals surface area (Å²) in [5.41, 5.74) is 3.50. The minimum Gasteiger partial charge on any atom is -0.367 e. The predicted molar refractivity (Wildman–Crippen MR) is 82.1 cm³/mol. The highest BCUT2D eigenvalue weighted by atomic mass is 35.5. The van der Waals surface area contributed by atoms with E-state index in [4.69, 9.17) is 11.6 Å². The topological polar surface area (TPSA) is 19.4 Å². The number of aromatic nitrogens is 1. The fourth-order valence-corrected chi connectivity index (χ4v) is 3.06. The Morgan fingerprint density at radius 1 is 1.42 bits per heavy atom. The molecule has 1 fully saturated rings. The Morgan fingerprint density at radius 3 is 2.89 bits per heavy atom. The fourth-order valence-electron chi connectivity index (χ4n) is 2.85. The lowest BCUT2D eigenvalue weighted by molar-refractivity contribution is 0.328. The van der Waals surface area contributed by atoms with E-state index < -0.39 is 0 Å². The quantitative estimate of drug-likeness (QED) is 0.794. The van der Waals surface area contributed by atoms with Gasteiger partial charge in [0.25, 0.3) is 0 Å². The molecule has 106 valence electrons. The molecule has 2 rings (SSSR count). The maximum absolute atomic E-state index is 6.09. The van der Waals surface area contributed by atoms with E-state index in [0.29, 0.717) is 11.9 Å². The molecular weight excluding hydrogens is 258 g/mol. The number of hydrogen-bond donors (Lipinski definition) is 0. The smallest absolute Gasteiger partial charge is 0.0509 e. The molecule has 0 bridgehead atoms. The van der Waals surface area contributed by atoms with E-state index in [1.54, 1.807) is 0 Å². The first-order valence-corrected chi connectivity index (χ1v) is 7.65. The van der Waals surface area contributed by atoms with E-state index in [1.165, 1.54) is 18.7 Å². The van der Waals surface area contributed by atoms with E-state index in [2.05, 4.69) is 34.8 Å². The molecule has 0 aliphatic carbocycles. The van der Waals surface area contributed by atoms with Gasteiger partial charge in [0.15, 0.2) is 0 Å². The van der Waals surface area contributed by atoms with Crippen LogP contribution in [0.15, 0.2) is 12.3 Å². The summed E-state index contributed by atoms with van der Waals surface area (Å²) in [5, 5.41) is 0. The van der Waals surface area contributed by atoms with Gasteiger partial charge in [-0.3, -0.25) is 4.98 Å². The number of rotatable bonds is 3. The number of halogens is 1. The summed E-state index contributed by atoms with van der Waals surface area (Å²) in [6.45, 7) is 7.72. The molecule has 0 radical (unpaired) electrons. The summed E-state index contributed by atoms with van der Waals surface area (Å²) in [6, 6.07) is 2.75. The van der Waals surface area contributed by atoms with Crippen LogP contribution < -0.4 is 4.90 Å². The monoisotopic (exact) mass is 281 g/mol. The van der Waals surface area contributed by atoms with Crippen LogP contribution in [0.5, 0.6) is 0 Å². The molecule has 3 nitrogen and oxygen atoms in total. The van der Waals surface area contributed by atoms with Crippen LogP contribution in [-0.4, -0.2) is 42.6 Å². The van der Waals surface area contributed by atoms with E-state index in [9.17, 15) is 0 Å². The normalized spacial score (nSPS) is 21.5. The van der Waals surface area contributed by atoms with Crippen LogP contribution in [0, 0.1) is 6.92 Å². The third kappa shape index (κ3) is 3.40. The van der Waals surface area contributed by atoms with Crippen LogP contribution >= 0.6 is 11.6 Å². The molecule has 19 heavy (non-hydrogen) atoms. The van der Waals surface area contributed by atoms with Crippen molar-refractivity contribution in [3.63, 3.8) is 0 Å². The van der Waals surface area contributed by atoms with Crippen molar-refractivity contribution < 1.29 is 0 Å². The van der Waals surface area contributed by atoms with Gasteiger partial charge in [-0.1, -0.05) is 6.92 Å². The van der Waals surface area contributed by atoms with E-state index in [-0.39, 0.29) is 0 Å². The summed E-state index contributed by atoms with van der Waals surface area (Å²) in [5.74, 6) is 0.533. The zero-order chi connectivity index (χ0) is 13.8. The first-order chi connectivity index (χ1) is 9.15. The zero-order valence-electron chi connectivity index (χ0n) is 12.2. The van der Waals surface area contributed by atoms with Crippen LogP contribution in [0.3, 0.4) is 0 Å². The number of nitrogens with zero attached hydrogens (tertiary/aromatic N) is 3. The van der Waals surface area contributed by atoms with Crippen LogP contribution in [0.1, 0.15) is 31.0 Å². The molecule has 1 aliphatic rings. The van der Waals surface area contributed by atoms with Crippen molar-refractivity contribution in [3.8, 4) is 0 Å². The highest BCUT2D eigenvalue weighted by Gasteiger charge is 2.24. The van der Waals surface area contributed by atoms with Crippen molar-refractivity contribution in [2.24, 2.45) is 0 Å². The minimum absolute atomic E-state index is 0.533. The highest BCUT2D eigenvalue weighted by Crippen LogP contribution is 2.27. The maximum atomic E-state index is 6.09. The van der Waals surface area contributed by atoms with Gasteiger partial charge in [-0.2, -0.15) is 0 Å². The Labute approximate surface area is 121 Å². The van der Waals surface area contributed by atoms with Gasteiger partial charge in [0.05, 0.1) is 5.88 Å². The summed E-state index contributed by atoms with van der Waals surface area (Å²) >= 11 is 6.09. The summed E-state index contributed by atoms with van der Waals surface area (Å²) in [4.78, 5) is 9.34. The second-order valence-electron chi connectivity index (χ2n) is 5.46. The van der Waals surface area contributed by atoms with Gasteiger partial charge in [0, 0.05) is 42.3 Å². The molecule has 0 amide bonds. The molecule has 1 saturated heterocycles. The summed E-state index contributed by atoms with van der Waals surface area (Å²) in [6.07, 6.45) is 4.29. The fraction of sp³-hybridized carbons (Fsp3) is 0.667. The molecule has 0 N–H and O–H groups in total. The first-order valence-electron chi connectivity index (χ1n) is 7.12. The van der Waals surface area contributed by atoms with Crippen molar-refractivity contribution in [2.45, 2.75) is 38.6 Å². The van der Waals surface area contributed by atoms with Gasteiger partial charge in [-0.25, -0.2) is 0 Å². The van der Waals surface area contributed by atoms with Crippen molar-refractivity contribution in [3.05, 3.63) is 23.5 Å². The van der Waals surface area contributed by atoms with E-state index >= 15 is 0 Å². The largest absolute Gasteiger partial charge is 0.367 e. The van der Waals surface area contributed by atoms with Crippen molar-refractivity contribution in [1.29, 1.82) is 0 Å². The summed E-state index contributed by atoms with van der Waals surface area (Å²) in [7, 11) is 2.21. The molecule has 0 spiro atoms. The molecule has 0 saturated carbocycles. The molecule has 1 unspecified atom stereocenters. The number of hydrogen-bond acceptors (Lipinski definition) is 3. The van der Waals surface area contributed by atoms with Crippen LogP contribution in [0.4, 0.5) is 5.69 Å². The third-order valence-corrected chi connectivity index (χ3v) is 4.21. The Bertz CT molecular complexity index is 422. The molecule has 1 aliphatic heterocycles. The molecule has 2 heterocycles. The number of anilines is 1. The molecular formula is C15H24ClN3. The summed E-state index contributed by atoms with van der Waals surface area (Å²) < 4.78 is 0. The number of likely N-dealkylation sites (N-methyl/N-ethyl adjacent to an activating group) is 1. The number of alkyl halides is 1. The minimum atomic E-state index is 0.533. The van der Waals surface area contributed by atoms with Crippen LogP contribution in [0.25, 0.3) is 0 Å². The van der Waals surface area contributed by atoms with Gasteiger partial charge in [0.1, 0.15) is 0 Å². The lowest BCUT2D eigenvalue weighted by Gasteiger charge is -2.33. The second kappa shape index (κ2) is 6.58. The van der Waals surface area contributed by atoms with Gasteiger partial charge in [-0.15, -0.1) is 11.6 Å². The van der Waals surface area contributed by atoms with Crippen LogP contribution in [0.2, 0.25) is 0 Å². The lowest BCUT2D eigenvalue weighted by atomic mass is 10.1. The van der Waals surface area contributed by atoms with Crippen molar-refractivity contribution in [2.75, 3.05) is 31.6 Å². The lowest BCUT2D eigenvalue weighted by Crippen LogP contribution is -2.40. The standard InChI is InChI=1S/C15H24ClN3/c1-4-14-11-18(3)6-5-7-19(14)15-8-12(2)17-10-13(15)9-16/h8,10,14H,4-7,9,11H2,1-3H3. The number of pyridine rings is 1. The Hall–Kier alpha value is -0.800. The number of aryl methyl sites for hydroxylation is 1. The Morgan fingerprint density at radius 2 is 2.21 bits per heavy atom. The Balaban J connectivity index is 2.34. The molecule has 4 heteroatoms. The SMILES string of the molecule is CCC1CN(C)CCCN1c1cc(C)ncc1CCl. The molecule has 0 aromatic carbocycles. The van der Waals surface area contributed by atoms with Crippen LogP contribution in [-0.2, 0) is 5.88 Å². The third-order valence-electron chi connectivity index (χ3n) is 3.93. The van der Waals surface area contributed by atoms with Crippen molar-refractivity contribution in [1.82, 2.24) is 9.88 Å². The van der Waals surface area contributed by atoms with Gasteiger partial charge >= 0.3 is 0 Å². The molecule has 1 atom stereocenters. The Kier molecular flexibility index (Phi) is 5.06. The van der Waals surface area contributed by atoms with E-state index in [0.717, 1.165) is 30.8 Å². The zero-order valence-corrected chi connectivity index (χ0v) is 13.0. The second-order valence-corrected chi connectivity index (χ2v) is 5.73. The van der Waals surface area contributed by atoms with E-state index in [1.807, 2.05) is 13.1 Å². The van der Waals surface area contributed by atoms with Crippen molar-refractivity contribution >= 4 is 17.3 Å². The van der Waals surface area contributed by atoms with Gasteiger partial charge in [0.2, 0.25) is 0 Å². The average molecular weight is 282 g/mol. The van der Waals surface area contributed by atoms with Gasteiger partial charge in [-0.05, 0) is 39.4 Å². The highest BCUT2D eigenvalue weighted by molar-refractivity contribution is 6.17.